The molecule has 0 saturated carbocycles. The minimum Gasteiger partial charge on any atom is -0.441 e. The van der Waals surface area contributed by atoms with Gasteiger partial charge in [0.1, 0.15) is 6.10 Å². The van der Waals surface area contributed by atoms with E-state index < -0.39 is 24.4 Å². The van der Waals surface area contributed by atoms with Gasteiger partial charge in [0, 0.05) is 12.0 Å². The number of hydrogen-bond donors (Lipinski definition) is 1. The van der Waals surface area contributed by atoms with E-state index in [9.17, 15) is 4.79 Å². The summed E-state index contributed by atoms with van der Waals surface area (Å²) in [5.74, 6) is 0. The number of hydrogen-bond acceptors (Lipinski definition) is 4. The third-order valence-electron chi connectivity index (χ3n) is 5.70. The van der Waals surface area contributed by atoms with Crippen LogP contribution in [-0.2, 0) is 20.5 Å². The Hall–Kier alpha value is -2.31. The van der Waals surface area contributed by atoms with E-state index in [0.29, 0.717) is 6.42 Å². The van der Waals surface area contributed by atoms with Gasteiger partial charge in [-0.05, 0) is 44.8 Å². The lowest BCUT2D eigenvalue weighted by atomic mass is 9.77. The van der Waals surface area contributed by atoms with Gasteiger partial charge in [-0.2, -0.15) is 0 Å². The minimum atomic E-state index is -0.449. The second kappa shape index (κ2) is 6.39. The van der Waals surface area contributed by atoms with Crippen molar-refractivity contribution in [3.05, 3.63) is 59.7 Å². The molecule has 140 valence electrons. The van der Waals surface area contributed by atoms with Gasteiger partial charge in [0.15, 0.2) is 0 Å². The maximum atomic E-state index is 12.0. The molecule has 1 fully saturated rings. The number of amides is 1. The van der Waals surface area contributed by atoms with Crippen LogP contribution in [-0.4, -0.2) is 24.4 Å². The normalized spacial score (nSPS) is 22.7. The highest BCUT2D eigenvalue weighted by atomic mass is 16.7. The molecule has 5 nitrogen and oxygen atoms in total. The van der Waals surface area contributed by atoms with Crippen LogP contribution in [0.2, 0.25) is 0 Å². The Labute approximate surface area is 160 Å². The Morgan fingerprint density at radius 2 is 1.67 bits per heavy atom. The lowest BCUT2D eigenvalue weighted by molar-refractivity contribution is 0.00578. The molecule has 2 heterocycles. The van der Waals surface area contributed by atoms with Gasteiger partial charge in [-0.3, -0.25) is 5.32 Å². The van der Waals surface area contributed by atoms with E-state index in [2.05, 4.69) is 5.32 Å². The fourth-order valence-corrected chi connectivity index (χ4v) is 3.40. The van der Waals surface area contributed by atoms with Crippen molar-refractivity contribution in [3.8, 4) is 0 Å². The van der Waals surface area contributed by atoms with Gasteiger partial charge in [-0.1, -0.05) is 42.5 Å². The summed E-state index contributed by atoms with van der Waals surface area (Å²) in [7, 11) is -0.449. The summed E-state index contributed by atoms with van der Waals surface area (Å²) in [6, 6.07) is 15.9. The molecule has 2 aliphatic heterocycles. The second-order valence-electron chi connectivity index (χ2n) is 8.14. The van der Waals surface area contributed by atoms with E-state index in [1.165, 1.54) is 0 Å². The van der Waals surface area contributed by atoms with Gasteiger partial charge in [0.2, 0.25) is 0 Å². The first kappa shape index (κ1) is 18.1. The van der Waals surface area contributed by atoms with E-state index in [0.717, 1.165) is 22.3 Å². The predicted octanol–water partition coefficient (Wildman–Crippen LogP) is 3.83. The summed E-state index contributed by atoms with van der Waals surface area (Å²) in [5.41, 5.74) is 2.94. The number of fused-ring (bicyclic) bond motifs is 1. The molecule has 2 aromatic rings. The lowest BCUT2D eigenvalue weighted by Gasteiger charge is -2.32. The molecule has 1 atom stereocenters. The summed E-state index contributed by atoms with van der Waals surface area (Å²) in [6.07, 6.45) is -0.154. The van der Waals surface area contributed by atoms with Gasteiger partial charge < -0.3 is 14.0 Å². The van der Waals surface area contributed by atoms with Crippen LogP contribution in [0.25, 0.3) is 0 Å². The molecule has 2 aliphatic rings. The number of nitrogens with one attached hydrogen (secondary N) is 1. The standard InChI is InChI=1S/C21H24BNO4/c1-20(2)21(3,4)27-22(26-20)15-10-11-17-16(13-15)18(25-19(24)23-17)12-14-8-6-5-7-9-14/h5-11,13,18H,12H2,1-4H3,(H,23,24). The Kier molecular flexibility index (Phi) is 4.28. The van der Waals surface area contributed by atoms with Crippen LogP contribution < -0.4 is 10.8 Å². The molecule has 1 unspecified atom stereocenters. The van der Waals surface area contributed by atoms with Gasteiger partial charge in [-0.25, -0.2) is 4.79 Å². The van der Waals surface area contributed by atoms with Crippen LogP contribution in [0.15, 0.2) is 48.5 Å². The largest absolute Gasteiger partial charge is 0.494 e. The van der Waals surface area contributed by atoms with Crippen LogP contribution in [0.5, 0.6) is 0 Å². The summed E-state index contributed by atoms with van der Waals surface area (Å²) in [5, 5.41) is 2.78. The predicted molar refractivity (Wildman–Crippen MR) is 105 cm³/mol. The number of ether oxygens (including phenoxy) is 1. The van der Waals surface area contributed by atoms with Crippen molar-refractivity contribution < 1.29 is 18.8 Å². The third-order valence-corrected chi connectivity index (χ3v) is 5.70. The fraction of sp³-hybridized carbons (Fsp3) is 0.381. The first-order valence-electron chi connectivity index (χ1n) is 9.26. The highest BCUT2D eigenvalue weighted by Crippen LogP contribution is 2.38. The number of anilines is 1. The quantitative estimate of drug-likeness (QED) is 0.840. The number of rotatable bonds is 3. The van der Waals surface area contributed by atoms with Crippen molar-refractivity contribution in [1.82, 2.24) is 0 Å². The highest BCUT2D eigenvalue weighted by Gasteiger charge is 2.51. The van der Waals surface area contributed by atoms with Crippen LogP contribution in [0.4, 0.5) is 10.5 Å². The van der Waals surface area contributed by atoms with E-state index >= 15 is 0 Å². The molecule has 0 radical (unpaired) electrons. The van der Waals surface area contributed by atoms with E-state index in [1.807, 2.05) is 76.2 Å². The highest BCUT2D eigenvalue weighted by molar-refractivity contribution is 6.62. The minimum absolute atomic E-state index is 0.349. The monoisotopic (exact) mass is 365 g/mol. The number of benzene rings is 2. The summed E-state index contributed by atoms with van der Waals surface area (Å²) < 4.78 is 17.9. The molecule has 0 aromatic heterocycles. The Balaban J connectivity index is 1.65. The molecular weight excluding hydrogens is 341 g/mol. The van der Waals surface area contributed by atoms with Crippen LogP contribution >= 0.6 is 0 Å². The second-order valence-corrected chi connectivity index (χ2v) is 8.14. The van der Waals surface area contributed by atoms with Gasteiger partial charge in [0.25, 0.3) is 0 Å². The molecule has 1 saturated heterocycles. The average molecular weight is 365 g/mol. The first-order valence-corrected chi connectivity index (χ1v) is 9.26. The average Bonchev–Trinajstić information content (AvgIpc) is 2.83. The van der Waals surface area contributed by atoms with Crippen LogP contribution in [0, 0.1) is 0 Å². The van der Waals surface area contributed by atoms with Gasteiger partial charge in [0.05, 0.1) is 16.9 Å². The molecule has 0 spiro atoms. The molecule has 27 heavy (non-hydrogen) atoms. The smallest absolute Gasteiger partial charge is 0.441 e. The van der Waals surface area contributed by atoms with Gasteiger partial charge >= 0.3 is 13.2 Å². The maximum absolute atomic E-state index is 12.0. The van der Waals surface area contributed by atoms with Crippen molar-refractivity contribution in [3.63, 3.8) is 0 Å². The zero-order valence-electron chi connectivity index (χ0n) is 16.1. The lowest BCUT2D eigenvalue weighted by Crippen LogP contribution is -2.41. The Bertz CT molecular complexity index is 850. The summed E-state index contributed by atoms with van der Waals surface area (Å²) in [6.45, 7) is 8.14. The zero-order valence-corrected chi connectivity index (χ0v) is 16.1. The number of cyclic esters (lactones) is 1. The first-order chi connectivity index (χ1) is 12.7. The topological polar surface area (TPSA) is 56.8 Å². The molecule has 2 aromatic carbocycles. The van der Waals surface area contributed by atoms with Crippen molar-refractivity contribution in [2.45, 2.75) is 51.4 Å². The maximum Gasteiger partial charge on any atom is 0.494 e. The SMILES string of the molecule is CC1(C)OB(c2ccc3c(c2)C(Cc2ccccc2)OC(=O)N3)OC1(C)C. The van der Waals surface area contributed by atoms with Crippen LogP contribution in [0.3, 0.4) is 0 Å². The van der Waals surface area contributed by atoms with Crippen LogP contribution in [0.1, 0.15) is 44.9 Å². The zero-order chi connectivity index (χ0) is 19.2. The molecule has 1 N–H and O–H groups in total. The van der Waals surface area contributed by atoms with Crippen molar-refractivity contribution in [1.29, 1.82) is 0 Å². The van der Waals surface area contributed by atoms with E-state index in [4.69, 9.17) is 14.0 Å². The van der Waals surface area contributed by atoms with E-state index in [-0.39, 0.29) is 6.10 Å². The Morgan fingerprint density at radius 3 is 2.33 bits per heavy atom. The van der Waals surface area contributed by atoms with Crippen molar-refractivity contribution in [2.24, 2.45) is 0 Å². The summed E-state index contributed by atoms with van der Waals surface area (Å²) >= 11 is 0. The van der Waals surface area contributed by atoms with Crippen molar-refractivity contribution in [2.75, 3.05) is 5.32 Å². The number of carbonyl (C=O) groups excluding carboxylic acids is 1. The molecule has 0 aliphatic carbocycles. The molecular formula is C21H24BNO4. The molecule has 1 amide bonds. The summed E-state index contributed by atoms with van der Waals surface area (Å²) in [4.78, 5) is 12.0. The van der Waals surface area contributed by atoms with Gasteiger partial charge in [-0.15, -0.1) is 0 Å². The third kappa shape index (κ3) is 3.35. The molecule has 6 heteroatoms. The van der Waals surface area contributed by atoms with E-state index in [1.54, 1.807) is 0 Å². The molecule has 4 rings (SSSR count). The van der Waals surface area contributed by atoms with Crippen molar-refractivity contribution >= 4 is 24.4 Å². The number of carbonyl (C=O) groups is 1. The molecule has 0 bridgehead atoms. The fourth-order valence-electron chi connectivity index (χ4n) is 3.40. The Morgan fingerprint density at radius 1 is 1.00 bits per heavy atom.